The van der Waals surface area contributed by atoms with Gasteiger partial charge in [-0.15, -0.1) is 0 Å². The first-order valence-corrected chi connectivity index (χ1v) is 7.81. The second kappa shape index (κ2) is 6.96. The van der Waals surface area contributed by atoms with E-state index in [0.717, 1.165) is 11.1 Å². The predicted molar refractivity (Wildman–Crippen MR) is 81.6 cm³/mol. The molecule has 0 radical (unpaired) electrons. The van der Waals surface area contributed by atoms with E-state index in [9.17, 15) is 9.90 Å². The number of carbonyl (C=O) groups is 1. The van der Waals surface area contributed by atoms with E-state index >= 15 is 0 Å². The Morgan fingerprint density at radius 1 is 1.53 bits per heavy atom. The van der Waals surface area contributed by atoms with Gasteiger partial charge in [-0.3, -0.25) is 4.79 Å². The van der Waals surface area contributed by atoms with E-state index in [2.05, 4.69) is 5.32 Å². The van der Waals surface area contributed by atoms with Crippen molar-refractivity contribution in [2.75, 3.05) is 18.6 Å². The molecule has 4 heteroatoms. The summed E-state index contributed by atoms with van der Waals surface area (Å²) in [5, 5.41) is 12.8. The van der Waals surface area contributed by atoms with Crippen LogP contribution in [0.4, 0.5) is 0 Å². The van der Waals surface area contributed by atoms with Crippen LogP contribution in [0.25, 0.3) is 0 Å². The fourth-order valence-electron chi connectivity index (χ4n) is 1.88. The number of hydrogen-bond acceptors (Lipinski definition) is 3. The highest BCUT2D eigenvalue weighted by Crippen LogP contribution is 2.17. The molecule has 0 aliphatic heterocycles. The summed E-state index contributed by atoms with van der Waals surface area (Å²) in [6.07, 6.45) is 1.94. The molecule has 2 N–H and O–H groups in total. The van der Waals surface area contributed by atoms with Crippen LogP contribution in [0, 0.1) is 6.92 Å². The van der Waals surface area contributed by atoms with E-state index in [1.54, 1.807) is 18.7 Å². The fraction of sp³-hybridized carbons (Fsp3) is 0.533. The van der Waals surface area contributed by atoms with E-state index in [-0.39, 0.29) is 18.4 Å². The van der Waals surface area contributed by atoms with Gasteiger partial charge in [-0.2, -0.15) is 11.8 Å². The Labute approximate surface area is 119 Å². The summed E-state index contributed by atoms with van der Waals surface area (Å²) in [5.74, 6) is 0.350. The van der Waals surface area contributed by atoms with Gasteiger partial charge in [-0.05, 0) is 32.6 Å². The molecule has 0 aromatic heterocycles. The first-order valence-electron chi connectivity index (χ1n) is 6.41. The largest absolute Gasteiger partial charge is 0.387 e. The highest BCUT2D eigenvalue weighted by atomic mass is 32.2. The predicted octanol–water partition coefficient (Wildman–Crippen LogP) is 2.33. The van der Waals surface area contributed by atoms with E-state index in [4.69, 9.17) is 0 Å². The zero-order chi connectivity index (χ0) is 14.5. The summed E-state index contributed by atoms with van der Waals surface area (Å²) < 4.78 is 0. The second-order valence-electron chi connectivity index (χ2n) is 5.28. The normalized spacial score (nSPS) is 15.6. The maximum atomic E-state index is 12.1. The number of carbonyl (C=O) groups excluding carboxylic acids is 1. The Morgan fingerprint density at radius 2 is 2.21 bits per heavy atom. The number of aryl methyl sites for hydroxylation is 1. The van der Waals surface area contributed by atoms with Gasteiger partial charge in [0.2, 0.25) is 5.91 Å². The average molecular weight is 281 g/mol. The van der Waals surface area contributed by atoms with Crippen molar-refractivity contribution in [3.8, 4) is 0 Å². The van der Waals surface area contributed by atoms with Crippen molar-refractivity contribution in [2.45, 2.75) is 32.3 Å². The molecule has 0 heterocycles. The molecule has 2 unspecified atom stereocenters. The van der Waals surface area contributed by atoms with Crippen LogP contribution in [0.3, 0.4) is 0 Å². The third-order valence-corrected chi connectivity index (χ3v) is 3.94. The minimum atomic E-state index is -0.860. The zero-order valence-corrected chi connectivity index (χ0v) is 12.9. The van der Waals surface area contributed by atoms with E-state index < -0.39 is 5.60 Å². The zero-order valence-electron chi connectivity index (χ0n) is 12.1. The summed E-state index contributed by atoms with van der Waals surface area (Å²) in [5.41, 5.74) is 1.29. The van der Waals surface area contributed by atoms with Crippen molar-refractivity contribution in [3.05, 3.63) is 35.4 Å². The van der Waals surface area contributed by atoms with Gasteiger partial charge >= 0.3 is 0 Å². The van der Waals surface area contributed by atoms with Gasteiger partial charge < -0.3 is 10.4 Å². The van der Waals surface area contributed by atoms with Gasteiger partial charge in [-0.1, -0.05) is 29.8 Å². The van der Waals surface area contributed by atoms with Gasteiger partial charge in [0.15, 0.2) is 0 Å². The monoisotopic (exact) mass is 281 g/mol. The molecule has 0 fully saturated rings. The van der Waals surface area contributed by atoms with Crippen LogP contribution >= 0.6 is 11.8 Å². The fourth-order valence-corrected chi connectivity index (χ4v) is 2.61. The van der Waals surface area contributed by atoms with Gasteiger partial charge in [0.05, 0.1) is 11.5 Å². The molecule has 1 aromatic carbocycles. The van der Waals surface area contributed by atoms with Crippen LogP contribution in [-0.4, -0.2) is 35.2 Å². The highest BCUT2D eigenvalue weighted by molar-refractivity contribution is 7.98. The molecule has 1 rings (SSSR count). The molecule has 0 saturated carbocycles. The van der Waals surface area contributed by atoms with Crippen molar-refractivity contribution in [3.63, 3.8) is 0 Å². The summed E-state index contributed by atoms with van der Waals surface area (Å²) >= 11 is 1.57. The van der Waals surface area contributed by atoms with Crippen LogP contribution < -0.4 is 5.32 Å². The van der Waals surface area contributed by atoms with E-state index in [0.29, 0.717) is 5.75 Å². The molecular formula is C15H23NO2S. The summed E-state index contributed by atoms with van der Waals surface area (Å²) in [6.45, 7) is 5.91. The average Bonchev–Trinajstić information content (AvgIpc) is 2.35. The van der Waals surface area contributed by atoms with E-state index in [1.165, 1.54) is 0 Å². The van der Waals surface area contributed by atoms with Gasteiger partial charge in [-0.25, -0.2) is 0 Å². The maximum Gasteiger partial charge on any atom is 0.227 e. The molecule has 0 saturated heterocycles. The van der Waals surface area contributed by atoms with Crippen LogP contribution in [0.5, 0.6) is 0 Å². The Morgan fingerprint density at radius 3 is 2.79 bits per heavy atom. The number of benzene rings is 1. The third-order valence-electron chi connectivity index (χ3n) is 3.03. The summed E-state index contributed by atoms with van der Waals surface area (Å²) in [6, 6.07) is 7.94. The first-order chi connectivity index (χ1) is 8.85. The Balaban J connectivity index is 2.59. The Hall–Kier alpha value is -1.00. The lowest BCUT2D eigenvalue weighted by molar-refractivity contribution is -0.123. The molecule has 0 bridgehead atoms. The molecule has 0 aliphatic carbocycles. The second-order valence-corrected chi connectivity index (χ2v) is 6.15. The quantitative estimate of drug-likeness (QED) is 0.841. The van der Waals surface area contributed by atoms with Crippen molar-refractivity contribution in [1.29, 1.82) is 0 Å². The van der Waals surface area contributed by atoms with Crippen LogP contribution in [-0.2, 0) is 4.79 Å². The van der Waals surface area contributed by atoms with Crippen molar-refractivity contribution < 1.29 is 9.90 Å². The number of amides is 1. The van der Waals surface area contributed by atoms with Gasteiger partial charge in [0.1, 0.15) is 0 Å². The molecule has 0 spiro atoms. The van der Waals surface area contributed by atoms with Crippen LogP contribution in [0.1, 0.15) is 30.9 Å². The van der Waals surface area contributed by atoms with Crippen LogP contribution in [0.15, 0.2) is 24.3 Å². The molecule has 2 atom stereocenters. The number of nitrogens with one attached hydrogen (secondary N) is 1. The lowest BCUT2D eigenvalue weighted by atomic mass is 9.98. The highest BCUT2D eigenvalue weighted by Gasteiger charge is 2.22. The summed E-state index contributed by atoms with van der Waals surface area (Å²) in [4.78, 5) is 12.1. The number of hydrogen-bond donors (Lipinski definition) is 2. The van der Waals surface area contributed by atoms with Crippen LogP contribution in [0.2, 0.25) is 0 Å². The first kappa shape index (κ1) is 16.1. The summed E-state index contributed by atoms with van der Waals surface area (Å²) in [7, 11) is 0. The SMILES string of the molecule is CSCC(C)(O)CNC(=O)C(C)c1cccc(C)c1. The van der Waals surface area contributed by atoms with Crippen molar-refractivity contribution >= 4 is 17.7 Å². The molecule has 106 valence electrons. The number of thioether (sulfide) groups is 1. The number of aliphatic hydroxyl groups is 1. The Kier molecular flexibility index (Phi) is 5.88. The molecule has 3 nitrogen and oxygen atoms in total. The molecule has 0 aliphatic rings. The topological polar surface area (TPSA) is 49.3 Å². The lowest BCUT2D eigenvalue weighted by Gasteiger charge is -2.23. The van der Waals surface area contributed by atoms with Crippen molar-refractivity contribution in [2.24, 2.45) is 0 Å². The van der Waals surface area contributed by atoms with Gasteiger partial charge in [0.25, 0.3) is 0 Å². The standard InChI is InChI=1S/C15H23NO2S/c1-11-6-5-7-13(8-11)12(2)14(17)16-9-15(3,18)10-19-4/h5-8,12,18H,9-10H2,1-4H3,(H,16,17). The maximum absolute atomic E-state index is 12.1. The minimum absolute atomic E-state index is 0.0491. The molecule has 19 heavy (non-hydrogen) atoms. The number of rotatable bonds is 6. The molecule has 1 amide bonds. The van der Waals surface area contributed by atoms with E-state index in [1.807, 2.05) is 44.4 Å². The van der Waals surface area contributed by atoms with Crippen molar-refractivity contribution in [1.82, 2.24) is 5.32 Å². The Bertz CT molecular complexity index is 432. The minimum Gasteiger partial charge on any atom is -0.387 e. The van der Waals surface area contributed by atoms with Gasteiger partial charge in [0, 0.05) is 12.3 Å². The smallest absolute Gasteiger partial charge is 0.227 e. The molecular weight excluding hydrogens is 258 g/mol. The molecule has 1 aromatic rings. The third kappa shape index (κ3) is 5.25. The lowest BCUT2D eigenvalue weighted by Crippen LogP contribution is -2.43.